The first-order chi connectivity index (χ1) is 16.6. The molecule has 1 saturated heterocycles. The van der Waals surface area contributed by atoms with Crippen LogP contribution in [0.5, 0.6) is 11.5 Å². The van der Waals surface area contributed by atoms with E-state index >= 15 is 0 Å². The van der Waals surface area contributed by atoms with Gasteiger partial charge in [-0.3, -0.25) is 14.5 Å². The van der Waals surface area contributed by atoms with Crippen LogP contribution in [0.15, 0.2) is 36.4 Å². The van der Waals surface area contributed by atoms with Crippen molar-refractivity contribution >= 4 is 35.4 Å². The second-order valence-corrected chi connectivity index (χ2v) is 8.51. The molecule has 3 rings (SSSR count). The van der Waals surface area contributed by atoms with E-state index in [1.807, 2.05) is 0 Å². The molecule has 2 atom stereocenters. The molecule has 10 nitrogen and oxygen atoms in total. The van der Waals surface area contributed by atoms with Crippen LogP contribution in [0.3, 0.4) is 0 Å². The van der Waals surface area contributed by atoms with Crippen molar-refractivity contribution in [3.05, 3.63) is 58.1 Å². The van der Waals surface area contributed by atoms with Crippen LogP contribution >= 0.6 is 11.6 Å². The van der Waals surface area contributed by atoms with Crippen LogP contribution in [-0.4, -0.2) is 59.1 Å². The molecule has 1 aliphatic heterocycles. The summed E-state index contributed by atoms with van der Waals surface area (Å²) in [6.07, 6.45) is 0.552. The Bertz CT molecular complexity index is 1150. The minimum atomic E-state index is -1.32. The summed E-state index contributed by atoms with van der Waals surface area (Å²) in [5, 5.41) is 24.8. The summed E-state index contributed by atoms with van der Waals surface area (Å²) in [5.74, 6) is -2.96. The third kappa shape index (κ3) is 6.02. The Balaban J connectivity index is 1.83. The lowest BCUT2D eigenvalue weighted by molar-refractivity contribution is -0.133. The number of hydrogen-bond donors (Lipinski definition) is 4. The Labute approximate surface area is 206 Å². The fourth-order valence-electron chi connectivity index (χ4n) is 3.92. The third-order valence-corrected chi connectivity index (χ3v) is 6.01. The van der Waals surface area contributed by atoms with Crippen LogP contribution in [0.4, 0.5) is 4.79 Å². The molecule has 0 spiro atoms. The summed E-state index contributed by atoms with van der Waals surface area (Å²) in [5.41, 5.74) is 0.783. The van der Waals surface area contributed by atoms with Crippen molar-refractivity contribution in [3.8, 4) is 11.5 Å². The molecule has 0 radical (unpaired) electrons. The van der Waals surface area contributed by atoms with Gasteiger partial charge in [-0.1, -0.05) is 24.6 Å². The summed E-state index contributed by atoms with van der Waals surface area (Å²) in [6, 6.07) is 7.54. The van der Waals surface area contributed by atoms with Crippen molar-refractivity contribution in [1.29, 1.82) is 0 Å². The summed E-state index contributed by atoms with van der Waals surface area (Å²) in [7, 11) is 1.49. The number of carboxylic acid groups (broad SMARTS) is 1. The van der Waals surface area contributed by atoms with E-state index in [0.717, 1.165) is 4.90 Å². The number of benzene rings is 2. The summed E-state index contributed by atoms with van der Waals surface area (Å²) in [6.45, 7) is 1.35. The average Bonchev–Trinajstić information content (AvgIpc) is 2.96. The molecule has 1 heterocycles. The normalized spacial score (nSPS) is 16.8. The first-order valence-corrected chi connectivity index (χ1v) is 11.3. The van der Waals surface area contributed by atoms with E-state index in [0.29, 0.717) is 28.3 Å². The van der Waals surface area contributed by atoms with Gasteiger partial charge in [-0.15, -0.1) is 0 Å². The van der Waals surface area contributed by atoms with E-state index in [2.05, 4.69) is 10.6 Å². The number of phenols is 1. The topological polar surface area (TPSA) is 145 Å². The van der Waals surface area contributed by atoms with Gasteiger partial charge >= 0.3 is 12.0 Å². The molecule has 0 aliphatic carbocycles. The van der Waals surface area contributed by atoms with Gasteiger partial charge in [0.15, 0.2) is 0 Å². The van der Waals surface area contributed by atoms with Crippen LogP contribution in [0.25, 0.3) is 0 Å². The number of methoxy groups -OCH3 is 1. The lowest BCUT2D eigenvalue weighted by Crippen LogP contribution is -2.48. The SMILES string of the molecule is CC[C@@H](NC(=O)N1CC(=O)NC[C@@H](Cc2cc(Cl)ccc2OC)C1=O)c1ccc(O)c(C(=O)O)c1. The molecule has 35 heavy (non-hydrogen) atoms. The minimum absolute atomic E-state index is 0.0360. The number of aromatic carboxylic acids is 1. The van der Waals surface area contributed by atoms with Gasteiger partial charge < -0.3 is 25.6 Å². The number of amides is 4. The van der Waals surface area contributed by atoms with Crippen LogP contribution in [-0.2, 0) is 16.0 Å². The maximum absolute atomic E-state index is 13.3. The number of nitrogens with one attached hydrogen (secondary N) is 2. The number of halogens is 1. The zero-order valence-electron chi connectivity index (χ0n) is 19.2. The monoisotopic (exact) mass is 503 g/mol. The fraction of sp³-hybridized carbons (Fsp3) is 0.333. The molecule has 4 amide bonds. The van der Waals surface area contributed by atoms with Crippen LogP contribution in [0.1, 0.15) is 40.9 Å². The third-order valence-electron chi connectivity index (χ3n) is 5.78. The number of rotatable bonds is 7. The summed E-state index contributed by atoms with van der Waals surface area (Å²) in [4.78, 5) is 50.9. The highest BCUT2D eigenvalue weighted by Gasteiger charge is 2.35. The van der Waals surface area contributed by atoms with Crippen molar-refractivity contribution in [1.82, 2.24) is 15.5 Å². The molecule has 186 valence electrons. The Kier molecular flexibility index (Phi) is 8.18. The van der Waals surface area contributed by atoms with Gasteiger partial charge in [0.25, 0.3) is 0 Å². The molecular weight excluding hydrogens is 478 g/mol. The van der Waals surface area contributed by atoms with E-state index in [-0.39, 0.29) is 18.5 Å². The summed E-state index contributed by atoms with van der Waals surface area (Å²) >= 11 is 6.10. The van der Waals surface area contributed by atoms with E-state index in [1.54, 1.807) is 25.1 Å². The number of ether oxygens (including phenoxy) is 1. The summed E-state index contributed by atoms with van der Waals surface area (Å²) < 4.78 is 5.35. The lowest BCUT2D eigenvalue weighted by atomic mass is 9.97. The maximum Gasteiger partial charge on any atom is 0.339 e. The van der Waals surface area contributed by atoms with Gasteiger partial charge in [0, 0.05) is 11.6 Å². The van der Waals surface area contributed by atoms with Gasteiger partial charge in [0.1, 0.15) is 23.6 Å². The predicted molar refractivity (Wildman–Crippen MR) is 127 cm³/mol. The predicted octanol–water partition coefficient (Wildman–Crippen LogP) is 2.73. The minimum Gasteiger partial charge on any atom is -0.507 e. The number of carbonyl (C=O) groups is 4. The number of urea groups is 1. The van der Waals surface area contributed by atoms with Crippen LogP contribution in [0.2, 0.25) is 5.02 Å². The Hall–Kier alpha value is -3.79. The number of carbonyl (C=O) groups excluding carboxylic acids is 3. The quantitative estimate of drug-likeness (QED) is 0.454. The standard InChI is InChI=1S/C24H26ClN3O7/c1-3-18(13-4-6-19(29)17(10-13)23(32)33)27-24(34)28-12-21(30)26-11-15(22(28)31)8-14-9-16(25)5-7-20(14)35-2/h4-7,9-10,15,18,29H,3,8,11-12H2,1-2H3,(H,26,30)(H,27,34)(H,32,33)/t15-,18-/m1/s1. The zero-order chi connectivity index (χ0) is 25.7. The fourth-order valence-corrected chi connectivity index (χ4v) is 4.11. The van der Waals surface area contributed by atoms with Crippen molar-refractivity contribution in [2.75, 3.05) is 20.2 Å². The molecule has 2 aromatic rings. The first kappa shape index (κ1) is 25.8. The molecule has 0 saturated carbocycles. The molecule has 1 fully saturated rings. The van der Waals surface area contributed by atoms with Crippen molar-refractivity contribution in [2.45, 2.75) is 25.8 Å². The van der Waals surface area contributed by atoms with Gasteiger partial charge in [0.2, 0.25) is 11.8 Å². The average molecular weight is 504 g/mol. The zero-order valence-corrected chi connectivity index (χ0v) is 20.0. The number of imide groups is 1. The largest absolute Gasteiger partial charge is 0.507 e. The maximum atomic E-state index is 13.3. The van der Waals surface area contributed by atoms with Crippen LogP contribution < -0.4 is 15.4 Å². The smallest absolute Gasteiger partial charge is 0.339 e. The first-order valence-electron chi connectivity index (χ1n) is 10.9. The number of aromatic hydroxyl groups is 1. The number of nitrogens with zero attached hydrogens (tertiary/aromatic N) is 1. The van der Waals surface area contributed by atoms with Gasteiger partial charge in [0.05, 0.1) is 19.1 Å². The molecule has 2 aromatic carbocycles. The van der Waals surface area contributed by atoms with Crippen molar-refractivity contribution in [2.24, 2.45) is 5.92 Å². The highest BCUT2D eigenvalue weighted by molar-refractivity contribution is 6.30. The highest BCUT2D eigenvalue weighted by atomic mass is 35.5. The van der Waals surface area contributed by atoms with E-state index < -0.39 is 48.1 Å². The molecule has 11 heteroatoms. The lowest BCUT2D eigenvalue weighted by Gasteiger charge is -2.25. The highest BCUT2D eigenvalue weighted by Crippen LogP contribution is 2.27. The van der Waals surface area contributed by atoms with Gasteiger partial charge in [-0.05, 0) is 54.3 Å². The molecule has 0 unspecified atom stereocenters. The molecule has 1 aliphatic rings. The molecular formula is C24H26ClN3O7. The Morgan fingerprint density at radius 2 is 2.00 bits per heavy atom. The molecule has 0 bridgehead atoms. The number of hydrogen-bond acceptors (Lipinski definition) is 6. The van der Waals surface area contributed by atoms with Crippen LogP contribution in [0, 0.1) is 5.92 Å². The van der Waals surface area contributed by atoms with E-state index in [9.17, 15) is 29.4 Å². The van der Waals surface area contributed by atoms with Gasteiger partial charge in [-0.2, -0.15) is 0 Å². The van der Waals surface area contributed by atoms with Crippen molar-refractivity contribution in [3.63, 3.8) is 0 Å². The van der Waals surface area contributed by atoms with Crippen molar-refractivity contribution < 1.29 is 34.1 Å². The van der Waals surface area contributed by atoms with E-state index in [1.165, 1.54) is 25.3 Å². The number of carboxylic acids is 1. The van der Waals surface area contributed by atoms with Gasteiger partial charge in [-0.25, -0.2) is 9.59 Å². The Morgan fingerprint density at radius 1 is 1.26 bits per heavy atom. The van der Waals surface area contributed by atoms with E-state index in [4.69, 9.17) is 16.3 Å². The molecule has 0 aromatic heterocycles. The second-order valence-electron chi connectivity index (χ2n) is 8.08. The second kappa shape index (κ2) is 11.1. The Morgan fingerprint density at radius 3 is 2.66 bits per heavy atom. The molecule has 4 N–H and O–H groups in total.